The van der Waals surface area contributed by atoms with Crippen molar-refractivity contribution in [2.75, 3.05) is 52.8 Å². The summed E-state index contributed by atoms with van der Waals surface area (Å²) in [5, 5.41) is 276. The molecule has 8 heterocycles. The summed E-state index contributed by atoms with van der Waals surface area (Å²) in [6.07, 6.45) is -80.3. The number of unbranched alkanes of at least 4 members (excludes halogenated alkanes) is 3. The van der Waals surface area contributed by atoms with Gasteiger partial charge in [-0.3, -0.25) is 0 Å². The van der Waals surface area contributed by atoms with Gasteiger partial charge in [-0.2, -0.15) is 0 Å². The average molecular weight is 1410 g/mol. The standard InChI is InChI=1S/C53H91N3O40/c54-56-55-6-4-2-1-3-5-14-28(69)41(91-51-44(34(75)26(67)18(10-60)87-51)94-52-43(33(74)25(66)19(11-61)88-52)92-48-37(78)31(72)23(64)16(8-58)85-48)29(70)21(83-14)13-82-46-39(80)42(90-47-36(77)30(71)22(63)15(7-57)84-47)40(81)50(95-46)96-53-45(35(76)27(68)20(12-62)89-53)93-49-38(79)32(73)24(65)17(9-59)86-49/h14-53,57-81H,1-13H2. The lowest BCUT2D eigenvalue weighted by Crippen LogP contribution is -2.68. The van der Waals surface area contributed by atoms with Crippen LogP contribution in [0.15, 0.2) is 5.11 Å². The largest absolute Gasteiger partial charge is 0.394 e. The molecule has 8 saturated heterocycles. The van der Waals surface area contributed by atoms with Crippen LogP contribution in [0.2, 0.25) is 0 Å². The van der Waals surface area contributed by atoms with Gasteiger partial charge in [0.05, 0.1) is 52.4 Å². The number of nitrogens with zero attached hydrogens (tertiary/aromatic N) is 3. The second-order valence-corrected chi connectivity index (χ2v) is 24.4. The first kappa shape index (κ1) is 79.4. The van der Waals surface area contributed by atoms with Gasteiger partial charge in [0.15, 0.2) is 50.3 Å². The van der Waals surface area contributed by atoms with Crippen molar-refractivity contribution in [3.8, 4) is 0 Å². The van der Waals surface area contributed by atoms with Crippen molar-refractivity contribution >= 4 is 0 Å². The second kappa shape index (κ2) is 35.7. The van der Waals surface area contributed by atoms with Crippen LogP contribution in [0.4, 0.5) is 0 Å². The summed E-state index contributed by atoms with van der Waals surface area (Å²) in [5.41, 5.74) is 8.74. The highest BCUT2D eigenvalue weighted by atomic mass is 16.8. The molecule has 0 radical (unpaired) electrons. The molecule has 40 atom stereocenters. The van der Waals surface area contributed by atoms with Gasteiger partial charge in [0.25, 0.3) is 0 Å². The van der Waals surface area contributed by atoms with E-state index in [2.05, 4.69) is 10.0 Å². The van der Waals surface area contributed by atoms with Crippen molar-refractivity contribution in [2.45, 2.75) is 278 Å². The van der Waals surface area contributed by atoms with Crippen molar-refractivity contribution in [2.24, 2.45) is 5.11 Å². The van der Waals surface area contributed by atoms with E-state index in [-0.39, 0.29) is 19.4 Å². The first-order valence-corrected chi connectivity index (χ1v) is 31.1. The van der Waals surface area contributed by atoms with Crippen molar-refractivity contribution in [1.82, 2.24) is 0 Å². The van der Waals surface area contributed by atoms with Crippen LogP contribution in [0.3, 0.4) is 0 Å². The second-order valence-electron chi connectivity index (χ2n) is 24.4. The predicted octanol–water partition coefficient (Wildman–Crippen LogP) is -15.2. The van der Waals surface area contributed by atoms with E-state index in [9.17, 15) is 128 Å². The van der Waals surface area contributed by atoms with Crippen molar-refractivity contribution < 1.29 is 199 Å². The van der Waals surface area contributed by atoms with E-state index in [0.29, 0.717) is 19.3 Å². The number of aliphatic hydroxyl groups excluding tert-OH is 25. The van der Waals surface area contributed by atoms with Crippen LogP contribution in [0, 0.1) is 0 Å². The maximum Gasteiger partial charge on any atom is 0.192 e. The molecule has 0 amide bonds. The van der Waals surface area contributed by atoms with Crippen LogP contribution in [-0.2, 0) is 71.1 Å². The minimum absolute atomic E-state index is 0.0870. The fourth-order valence-electron chi connectivity index (χ4n) is 12.3. The minimum atomic E-state index is -2.40. The first-order valence-electron chi connectivity index (χ1n) is 31.1. The smallest absolute Gasteiger partial charge is 0.192 e. The zero-order valence-electron chi connectivity index (χ0n) is 50.9. The van der Waals surface area contributed by atoms with Gasteiger partial charge in [0.1, 0.15) is 189 Å². The molecule has 43 heteroatoms. The SMILES string of the molecule is [N-]=[N+]=NCCCCCCC1OC(COC2OC(OC3OC(CO)C(O)C(O)C3OC3OC(CO)C(O)C(O)C3O)C(O)C(OC3OC(CO)C(O)C(O)C3O)C2O)C(O)C(OC2OC(CO)C(O)C(O)C2OC2OC(CO)C(O)C(O)C2OC2OC(CO)C(O)C(O)C2O)C1O. The van der Waals surface area contributed by atoms with Crippen LogP contribution < -0.4 is 0 Å². The van der Waals surface area contributed by atoms with E-state index in [4.69, 9.17) is 76.6 Å². The molecule has 96 heavy (non-hydrogen) atoms. The molecule has 40 unspecified atom stereocenters. The van der Waals surface area contributed by atoms with Crippen LogP contribution in [0.25, 0.3) is 10.4 Å². The Balaban J connectivity index is 1.09. The van der Waals surface area contributed by atoms with Gasteiger partial charge in [-0.25, -0.2) is 0 Å². The molecule has 8 aliphatic heterocycles. The Kier molecular flexibility index (Phi) is 29.6. The molecule has 0 aromatic rings. The lowest BCUT2D eigenvalue weighted by atomic mass is 9.91. The van der Waals surface area contributed by atoms with E-state index in [0.717, 1.165) is 0 Å². The Morgan fingerprint density at radius 3 is 0.958 bits per heavy atom. The predicted molar refractivity (Wildman–Crippen MR) is 294 cm³/mol. The maximum absolute atomic E-state index is 12.3. The molecule has 558 valence electrons. The Morgan fingerprint density at radius 2 is 0.562 bits per heavy atom. The molecule has 8 fully saturated rings. The summed E-state index contributed by atoms with van der Waals surface area (Å²) < 4.78 is 87.3. The first-order chi connectivity index (χ1) is 45.7. The highest BCUT2D eigenvalue weighted by molar-refractivity contribution is 5.01. The van der Waals surface area contributed by atoms with Gasteiger partial charge in [-0.1, -0.05) is 24.4 Å². The van der Waals surface area contributed by atoms with Crippen molar-refractivity contribution in [3.63, 3.8) is 0 Å². The highest BCUT2D eigenvalue weighted by Gasteiger charge is 2.59. The van der Waals surface area contributed by atoms with E-state index < -0.39 is 292 Å². The van der Waals surface area contributed by atoms with Crippen LogP contribution in [0.1, 0.15) is 32.1 Å². The minimum Gasteiger partial charge on any atom is -0.394 e. The summed E-state index contributed by atoms with van der Waals surface area (Å²) in [4.78, 5) is 2.72. The number of hydrogen-bond acceptors (Lipinski definition) is 41. The maximum atomic E-state index is 12.3. The Morgan fingerprint density at radius 1 is 0.260 bits per heavy atom. The summed E-state index contributed by atoms with van der Waals surface area (Å²) >= 11 is 0. The molecule has 8 aliphatic rings. The van der Waals surface area contributed by atoms with Gasteiger partial charge >= 0.3 is 0 Å². The number of aliphatic hydroxyl groups is 25. The van der Waals surface area contributed by atoms with Gasteiger partial charge in [-0.05, 0) is 18.4 Å². The molecule has 0 aliphatic carbocycles. The van der Waals surface area contributed by atoms with Crippen molar-refractivity contribution in [3.05, 3.63) is 10.4 Å². The Bertz CT molecular complexity index is 2370. The van der Waals surface area contributed by atoms with Gasteiger partial charge in [-0.15, -0.1) is 0 Å². The molecular weight excluding hydrogens is 1320 g/mol. The lowest BCUT2D eigenvalue weighted by molar-refractivity contribution is -0.425. The van der Waals surface area contributed by atoms with Gasteiger partial charge < -0.3 is 199 Å². The third-order valence-electron chi connectivity index (χ3n) is 18.0. The normalized spacial score (nSPS) is 50.4. The van der Waals surface area contributed by atoms with Crippen LogP contribution in [-0.4, -0.2) is 426 Å². The lowest BCUT2D eigenvalue weighted by Gasteiger charge is -2.50. The zero-order valence-corrected chi connectivity index (χ0v) is 50.9. The average Bonchev–Trinajstić information content (AvgIpc) is 0.781. The quantitative estimate of drug-likeness (QED) is 0.0150. The fraction of sp³-hybridized carbons (Fsp3) is 1.00. The molecule has 43 nitrogen and oxygen atoms in total. The Labute approximate surface area is 543 Å². The van der Waals surface area contributed by atoms with Gasteiger partial charge in [0, 0.05) is 11.5 Å². The summed E-state index contributed by atoms with van der Waals surface area (Å²) in [7, 11) is 0. The third-order valence-corrected chi connectivity index (χ3v) is 18.0. The van der Waals surface area contributed by atoms with Crippen molar-refractivity contribution in [1.29, 1.82) is 0 Å². The molecule has 25 N–H and O–H groups in total. The molecule has 0 bridgehead atoms. The topological polar surface area (TPSA) is 693 Å². The summed E-state index contributed by atoms with van der Waals surface area (Å²) in [5.74, 6) is 0. The summed E-state index contributed by atoms with van der Waals surface area (Å²) in [6.45, 7) is -6.93. The van der Waals surface area contributed by atoms with E-state index >= 15 is 0 Å². The zero-order chi connectivity index (χ0) is 70.3. The number of hydrogen-bond donors (Lipinski definition) is 25. The third kappa shape index (κ3) is 17.5. The monoisotopic (exact) mass is 1410 g/mol. The van der Waals surface area contributed by atoms with Gasteiger partial charge in [0.2, 0.25) is 0 Å². The number of ether oxygens (including phenoxy) is 15. The molecular formula is C53H91N3O40. The molecule has 8 rings (SSSR count). The summed E-state index contributed by atoms with van der Waals surface area (Å²) in [6, 6.07) is 0. The highest BCUT2D eigenvalue weighted by Crippen LogP contribution is 2.39. The van der Waals surface area contributed by atoms with E-state index in [1.54, 1.807) is 0 Å². The number of azide groups is 1. The van der Waals surface area contributed by atoms with E-state index in [1.165, 1.54) is 0 Å². The van der Waals surface area contributed by atoms with Crippen LogP contribution >= 0.6 is 0 Å². The molecule has 0 spiro atoms. The van der Waals surface area contributed by atoms with E-state index in [1.807, 2.05) is 0 Å². The fourth-order valence-corrected chi connectivity index (χ4v) is 12.3. The molecule has 0 saturated carbocycles. The van der Waals surface area contributed by atoms with Crippen LogP contribution in [0.5, 0.6) is 0 Å². The molecule has 0 aromatic heterocycles. The molecule has 0 aromatic carbocycles. The Hall–Kier alpha value is -2.29. The number of rotatable bonds is 28.